The first-order chi connectivity index (χ1) is 14.9. The van der Waals surface area contributed by atoms with Crippen molar-refractivity contribution in [1.29, 1.82) is 5.26 Å². The molecule has 0 aliphatic carbocycles. The first kappa shape index (κ1) is 23.3. The molecule has 0 saturated heterocycles. The van der Waals surface area contributed by atoms with Crippen molar-refractivity contribution in [3.05, 3.63) is 96.0 Å². The minimum absolute atomic E-state index is 0.0163. The van der Waals surface area contributed by atoms with Crippen molar-refractivity contribution in [2.75, 3.05) is 5.32 Å². The van der Waals surface area contributed by atoms with Crippen LogP contribution in [0.3, 0.4) is 0 Å². The molecule has 0 aliphatic rings. The standard InChI is InChI=1S/C24H17BrClIN2O2/c1-15-7-8-19(12-21(15)26)29-24(30)18(13-28)9-17-10-20(25)23(22(27)11-17)31-14-16-5-3-2-4-6-16/h2-12H,14H2,1H3,(H,29,30)/b18-9-. The maximum Gasteiger partial charge on any atom is 0.266 e. The summed E-state index contributed by atoms with van der Waals surface area (Å²) in [6.07, 6.45) is 1.54. The van der Waals surface area contributed by atoms with Gasteiger partial charge in [-0.1, -0.05) is 48.0 Å². The highest BCUT2D eigenvalue weighted by Gasteiger charge is 2.13. The third-order valence-corrected chi connectivity index (χ3v) is 6.15. The summed E-state index contributed by atoms with van der Waals surface area (Å²) in [6, 6.07) is 20.7. The van der Waals surface area contributed by atoms with Crippen LogP contribution in [0, 0.1) is 21.8 Å². The summed E-state index contributed by atoms with van der Waals surface area (Å²) in [6.45, 7) is 2.32. The SMILES string of the molecule is Cc1ccc(NC(=O)/C(C#N)=C\c2cc(Br)c(OCc3ccccc3)c(I)c2)cc1Cl. The lowest BCUT2D eigenvalue weighted by atomic mass is 10.1. The Hall–Kier alpha value is -2.34. The summed E-state index contributed by atoms with van der Waals surface area (Å²) in [5, 5.41) is 12.7. The number of ether oxygens (including phenoxy) is 1. The van der Waals surface area contributed by atoms with Crippen molar-refractivity contribution in [2.45, 2.75) is 13.5 Å². The van der Waals surface area contributed by atoms with Gasteiger partial charge in [-0.25, -0.2) is 0 Å². The molecule has 7 heteroatoms. The van der Waals surface area contributed by atoms with Crippen LogP contribution in [0.1, 0.15) is 16.7 Å². The molecule has 0 fully saturated rings. The Morgan fingerprint density at radius 1 is 1.23 bits per heavy atom. The van der Waals surface area contributed by atoms with E-state index in [1.54, 1.807) is 24.3 Å². The number of nitrogens with zero attached hydrogens (tertiary/aromatic N) is 1. The van der Waals surface area contributed by atoms with Gasteiger partial charge in [0.05, 0.1) is 8.04 Å². The lowest BCUT2D eigenvalue weighted by Gasteiger charge is -2.12. The van der Waals surface area contributed by atoms with E-state index in [-0.39, 0.29) is 5.57 Å². The Labute approximate surface area is 208 Å². The number of nitrogens with one attached hydrogen (secondary N) is 1. The number of hydrogen-bond donors (Lipinski definition) is 1. The van der Waals surface area contributed by atoms with Crippen LogP contribution in [0.2, 0.25) is 5.02 Å². The lowest BCUT2D eigenvalue weighted by molar-refractivity contribution is -0.112. The van der Waals surface area contributed by atoms with Gasteiger partial charge in [-0.15, -0.1) is 0 Å². The Morgan fingerprint density at radius 2 is 1.97 bits per heavy atom. The summed E-state index contributed by atoms with van der Waals surface area (Å²) >= 11 is 11.8. The molecule has 3 rings (SSSR count). The number of benzene rings is 3. The molecule has 31 heavy (non-hydrogen) atoms. The molecule has 0 heterocycles. The zero-order chi connectivity index (χ0) is 22.4. The van der Waals surface area contributed by atoms with Crippen molar-refractivity contribution in [3.8, 4) is 11.8 Å². The van der Waals surface area contributed by atoms with E-state index in [1.807, 2.05) is 55.5 Å². The van der Waals surface area contributed by atoms with E-state index in [9.17, 15) is 10.1 Å². The number of nitriles is 1. The average molecular weight is 608 g/mol. The van der Waals surface area contributed by atoms with Gasteiger partial charge in [-0.3, -0.25) is 4.79 Å². The number of carbonyl (C=O) groups is 1. The topological polar surface area (TPSA) is 62.1 Å². The van der Waals surface area contributed by atoms with Gasteiger partial charge in [-0.2, -0.15) is 5.26 Å². The van der Waals surface area contributed by atoms with E-state index in [1.165, 1.54) is 0 Å². The predicted molar refractivity (Wildman–Crippen MR) is 136 cm³/mol. The molecule has 4 nitrogen and oxygen atoms in total. The van der Waals surface area contributed by atoms with Crippen LogP contribution >= 0.6 is 50.1 Å². The van der Waals surface area contributed by atoms with Crippen LogP contribution in [0.15, 0.2) is 70.7 Å². The van der Waals surface area contributed by atoms with E-state index >= 15 is 0 Å². The third-order valence-electron chi connectivity index (χ3n) is 4.35. The molecule has 0 aromatic heterocycles. The van der Waals surface area contributed by atoms with Gasteiger partial charge in [0.2, 0.25) is 0 Å². The maximum atomic E-state index is 12.6. The normalized spacial score (nSPS) is 11.0. The van der Waals surface area contributed by atoms with Gasteiger partial charge in [0.1, 0.15) is 24.0 Å². The molecule has 0 atom stereocenters. The largest absolute Gasteiger partial charge is 0.487 e. The fourth-order valence-electron chi connectivity index (χ4n) is 2.71. The molecule has 156 valence electrons. The molecule has 0 aliphatic heterocycles. The molecule has 0 spiro atoms. The van der Waals surface area contributed by atoms with Crippen molar-refractivity contribution in [1.82, 2.24) is 0 Å². The first-order valence-electron chi connectivity index (χ1n) is 9.22. The molecule has 0 bridgehead atoms. The van der Waals surface area contributed by atoms with Crippen LogP contribution in [0.25, 0.3) is 6.08 Å². The van der Waals surface area contributed by atoms with Crippen molar-refractivity contribution < 1.29 is 9.53 Å². The fourth-order valence-corrected chi connectivity index (χ4v) is 4.66. The Balaban J connectivity index is 1.77. The Morgan fingerprint density at radius 3 is 2.61 bits per heavy atom. The molecule has 3 aromatic rings. The fraction of sp³-hybridized carbons (Fsp3) is 0.0833. The zero-order valence-corrected chi connectivity index (χ0v) is 21.0. The van der Waals surface area contributed by atoms with Gasteiger partial charge in [0, 0.05) is 10.7 Å². The molecular formula is C24H17BrClIN2O2. The third kappa shape index (κ3) is 6.33. The molecule has 0 radical (unpaired) electrons. The number of halogens is 3. The average Bonchev–Trinajstić information content (AvgIpc) is 2.74. The first-order valence-corrected chi connectivity index (χ1v) is 11.5. The monoisotopic (exact) mass is 606 g/mol. The second-order valence-electron chi connectivity index (χ2n) is 6.68. The molecule has 0 saturated carbocycles. The molecule has 3 aromatic carbocycles. The number of aryl methyl sites for hydroxylation is 1. The van der Waals surface area contributed by atoms with Crippen LogP contribution in [-0.2, 0) is 11.4 Å². The van der Waals surface area contributed by atoms with E-state index in [0.29, 0.717) is 28.6 Å². The van der Waals surface area contributed by atoms with Crippen LogP contribution in [0.4, 0.5) is 5.69 Å². The van der Waals surface area contributed by atoms with E-state index in [0.717, 1.165) is 19.2 Å². The van der Waals surface area contributed by atoms with Crippen LogP contribution < -0.4 is 10.1 Å². The van der Waals surface area contributed by atoms with Crippen LogP contribution in [0.5, 0.6) is 5.75 Å². The van der Waals surface area contributed by atoms with Crippen molar-refractivity contribution in [2.24, 2.45) is 0 Å². The van der Waals surface area contributed by atoms with Crippen LogP contribution in [-0.4, -0.2) is 5.91 Å². The van der Waals surface area contributed by atoms with Gasteiger partial charge < -0.3 is 10.1 Å². The smallest absolute Gasteiger partial charge is 0.266 e. The Bertz CT molecular complexity index is 1170. The van der Waals surface area contributed by atoms with E-state index in [2.05, 4.69) is 43.8 Å². The van der Waals surface area contributed by atoms with Gasteiger partial charge in [-0.05, 0) is 92.5 Å². The summed E-state index contributed by atoms with van der Waals surface area (Å²) < 4.78 is 7.55. The highest BCUT2D eigenvalue weighted by molar-refractivity contribution is 14.1. The molecular weight excluding hydrogens is 591 g/mol. The lowest BCUT2D eigenvalue weighted by Crippen LogP contribution is -2.13. The summed E-state index contributed by atoms with van der Waals surface area (Å²) in [5.41, 5.74) is 3.19. The number of amides is 1. The molecule has 0 unspecified atom stereocenters. The van der Waals surface area contributed by atoms with Gasteiger partial charge >= 0.3 is 0 Å². The number of anilines is 1. The Kier molecular flexibility index (Phi) is 8.13. The van der Waals surface area contributed by atoms with E-state index in [4.69, 9.17) is 16.3 Å². The number of carbonyl (C=O) groups excluding carboxylic acids is 1. The second-order valence-corrected chi connectivity index (χ2v) is 9.10. The molecule has 1 N–H and O–H groups in total. The second kappa shape index (κ2) is 10.8. The quantitative estimate of drug-likeness (QED) is 0.184. The van der Waals surface area contributed by atoms with Crippen molar-refractivity contribution in [3.63, 3.8) is 0 Å². The van der Waals surface area contributed by atoms with E-state index < -0.39 is 5.91 Å². The highest BCUT2D eigenvalue weighted by Crippen LogP contribution is 2.33. The number of hydrogen-bond acceptors (Lipinski definition) is 3. The van der Waals surface area contributed by atoms with Gasteiger partial charge in [0.25, 0.3) is 5.91 Å². The van der Waals surface area contributed by atoms with Gasteiger partial charge in [0.15, 0.2) is 0 Å². The summed E-state index contributed by atoms with van der Waals surface area (Å²) in [5.74, 6) is 0.205. The number of rotatable bonds is 6. The summed E-state index contributed by atoms with van der Waals surface area (Å²) in [7, 11) is 0. The maximum absolute atomic E-state index is 12.6. The minimum atomic E-state index is -0.502. The summed E-state index contributed by atoms with van der Waals surface area (Å²) in [4.78, 5) is 12.6. The highest BCUT2D eigenvalue weighted by atomic mass is 127. The molecule has 1 amide bonds. The minimum Gasteiger partial charge on any atom is -0.487 e. The van der Waals surface area contributed by atoms with Crippen molar-refractivity contribution >= 4 is 67.8 Å². The predicted octanol–water partition coefficient (Wildman–Crippen LogP) is 7.14. The zero-order valence-electron chi connectivity index (χ0n) is 16.5.